The average Bonchev–Trinajstić information content (AvgIpc) is 2.53. The second-order valence-electron chi connectivity index (χ2n) is 5.18. The fraction of sp³-hybridized carbons (Fsp3) is 0.500. The van der Waals surface area contributed by atoms with Crippen molar-refractivity contribution in [3.63, 3.8) is 0 Å². The van der Waals surface area contributed by atoms with E-state index in [1.54, 1.807) is 0 Å². The van der Waals surface area contributed by atoms with Gasteiger partial charge in [-0.15, -0.1) is 0 Å². The molecule has 2 atom stereocenters. The Morgan fingerprint density at radius 3 is 2.76 bits per heavy atom. The van der Waals surface area contributed by atoms with Gasteiger partial charge < -0.3 is 11.1 Å². The summed E-state index contributed by atoms with van der Waals surface area (Å²) >= 11 is 0. The predicted octanol–water partition coefficient (Wildman–Crippen LogP) is 1.53. The van der Waals surface area contributed by atoms with Gasteiger partial charge in [0.25, 0.3) is 0 Å². The van der Waals surface area contributed by atoms with Gasteiger partial charge in [-0.25, -0.2) is 0 Å². The first-order chi connectivity index (χ1) is 8.25. The average molecular weight is 230 g/mol. The molecule has 0 spiro atoms. The summed E-state index contributed by atoms with van der Waals surface area (Å²) in [6.45, 7) is 0. The molecule has 90 valence electrons. The van der Waals surface area contributed by atoms with Gasteiger partial charge in [0, 0.05) is 12.0 Å². The Labute approximate surface area is 101 Å². The minimum Gasteiger partial charge on any atom is -0.347 e. The molecule has 3 N–H and O–H groups in total. The highest BCUT2D eigenvalue weighted by Crippen LogP contribution is 2.32. The highest BCUT2D eigenvalue weighted by Gasteiger charge is 2.33. The molecule has 17 heavy (non-hydrogen) atoms. The zero-order valence-electron chi connectivity index (χ0n) is 9.86. The SMILES string of the molecule is NC1Cc2ccccc2C1NC(=O)C1CCC1. The van der Waals surface area contributed by atoms with Gasteiger partial charge in [0.1, 0.15) is 0 Å². The highest BCUT2D eigenvalue weighted by molar-refractivity contribution is 5.80. The fourth-order valence-electron chi connectivity index (χ4n) is 2.75. The Balaban J connectivity index is 1.76. The number of amides is 1. The number of carbonyl (C=O) groups excluding carboxylic acids is 1. The second-order valence-corrected chi connectivity index (χ2v) is 5.18. The highest BCUT2D eigenvalue weighted by atomic mass is 16.2. The first kappa shape index (κ1) is 10.8. The van der Waals surface area contributed by atoms with E-state index in [4.69, 9.17) is 5.73 Å². The molecule has 1 aromatic rings. The first-order valence-corrected chi connectivity index (χ1v) is 6.39. The Hall–Kier alpha value is -1.35. The molecule has 0 aliphatic heterocycles. The first-order valence-electron chi connectivity index (χ1n) is 6.39. The Morgan fingerprint density at radius 2 is 2.06 bits per heavy atom. The van der Waals surface area contributed by atoms with Gasteiger partial charge in [-0.2, -0.15) is 0 Å². The van der Waals surface area contributed by atoms with E-state index in [2.05, 4.69) is 17.4 Å². The summed E-state index contributed by atoms with van der Waals surface area (Å²) in [5.74, 6) is 0.420. The number of carbonyl (C=O) groups is 1. The molecule has 1 amide bonds. The van der Waals surface area contributed by atoms with Crippen LogP contribution in [0.4, 0.5) is 0 Å². The third kappa shape index (κ3) is 1.84. The van der Waals surface area contributed by atoms with Crippen LogP contribution in [0.1, 0.15) is 36.4 Å². The van der Waals surface area contributed by atoms with Gasteiger partial charge in [-0.1, -0.05) is 30.7 Å². The van der Waals surface area contributed by atoms with Gasteiger partial charge in [0.05, 0.1) is 6.04 Å². The van der Waals surface area contributed by atoms with Crippen molar-refractivity contribution in [2.24, 2.45) is 11.7 Å². The minimum atomic E-state index is 0.0132. The Morgan fingerprint density at radius 1 is 1.29 bits per heavy atom. The van der Waals surface area contributed by atoms with E-state index in [9.17, 15) is 4.79 Å². The molecule has 2 aliphatic rings. The maximum Gasteiger partial charge on any atom is 0.223 e. The lowest BCUT2D eigenvalue weighted by molar-refractivity contribution is -0.128. The summed E-state index contributed by atoms with van der Waals surface area (Å²) in [5.41, 5.74) is 8.60. The monoisotopic (exact) mass is 230 g/mol. The van der Waals surface area contributed by atoms with E-state index in [0.717, 1.165) is 19.3 Å². The summed E-state index contributed by atoms with van der Waals surface area (Å²) in [6, 6.07) is 8.26. The maximum atomic E-state index is 12.0. The van der Waals surface area contributed by atoms with Crippen molar-refractivity contribution in [1.29, 1.82) is 0 Å². The van der Waals surface area contributed by atoms with Crippen LogP contribution in [-0.4, -0.2) is 11.9 Å². The number of fused-ring (bicyclic) bond motifs is 1. The summed E-state index contributed by atoms with van der Waals surface area (Å²) in [6.07, 6.45) is 4.13. The molecule has 0 heterocycles. The van der Waals surface area contributed by atoms with Crippen molar-refractivity contribution in [3.8, 4) is 0 Å². The van der Waals surface area contributed by atoms with E-state index in [1.165, 1.54) is 17.5 Å². The van der Waals surface area contributed by atoms with Gasteiger partial charge in [-0.3, -0.25) is 4.79 Å². The van der Waals surface area contributed by atoms with E-state index < -0.39 is 0 Å². The quantitative estimate of drug-likeness (QED) is 0.809. The fourth-order valence-corrected chi connectivity index (χ4v) is 2.75. The van der Waals surface area contributed by atoms with Crippen molar-refractivity contribution in [1.82, 2.24) is 5.32 Å². The van der Waals surface area contributed by atoms with Crippen LogP contribution in [0.25, 0.3) is 0 Å². The lowest BCUT2D eigenvalue weighted by Gasteiger charge is -2.27. The molecule has 0 saturated heterocycles. The molecule has 3 heteroatoms. The number of benzene rings is 1. The van der Waals surface area contributed by atoms with Gasteiger partial charge in [0.2, 0.25) is 5.91 Å². The number of nitrogens with two attached hydrogens (primary N) is 1. The molecule has 2 unspecified atom stereocenters. The molecule has 1 fully saturated rings. The number of hydrogen-bond acceptors (Lipinski definition) is 2. The molecule has 2 aliphatic carbocycles. The third-order valence-electron chi connectivity index (χ3n) is 4.05. The van der Waals surface area contributed by atoms with Crippen LogP contribution in [0.5, 0.6) is 0 Å². The van der Waals surface area contributed by atoms with E-state index in [-0.39, 0.29) is 23.9 Å². The topological polar surface area (TPSA) is 55.1 Å². The van der Waals surface area contributed by atoms with Crippen LogP contribution in [0.15, 0.2) is 24.3 Å². The summed E-state index contributed by atoms with van der Waals surface area (Å²) < 4.78 is 0. The smallest absolute Gasteiger partial charge is 0.223 e. The van der Waals surface area contributed by atoms with E-state index in [1.807, 2.05) is 12.1 Å². The molecule has 1 aromatic carbocycles. The summed E-state index contributed by atoms with van der Waals surface area (Å²) in [4.78, 5) is 12.0. The van der Waals surface area contributed by atoms with Crippen LogP contribution in [0.2, 0.25) is 0 Å². The molecule has 0 aromatic heterocycles. The van der Waals surface area contributed by atoms with Crippen molar-refractivity contribution in [3.05, 3.63) is 35.4 Å². The molecule has 3 rings (SSSR count). The lowest BCUT2D eigenvalue weighted by atomic mass is 9.84. The number of nitrogens with one attached hydrogen (secondary N) is 1. The van der Waals surface area contributed by atoms with Crippen molar-refractivity contribution >= 4 is 5.91 Å². The van der Waals surface area contributed by atoms with Crippen molar-refractivity contribution in [2.45, 2.75) is 37.8 Å². The zero-order valence-corrected chi connectivity index (χ0v) is 9.86. The van der Waals surface area contributed by atoms with E-state index >= 15 is 0 Å². The predicted molar refractivity (Wildman–Crippen MR) is 66.3 cm³/mol. The minimum absolute atomic E-state index is 0.0132. The molecule has 1 saturated carbocycles. The van der Waals surface area contributed by atoms with E-state index in [0.29, 0.717) is 0 Å². The maximum absolute atomic E-state index is 12.0. The van der Waals surface area contributed by atoms with Crippen LogP contribution in [0.3, 0.4) is 0 Å². The van der Waals surface area contributed by atoms with Crippen LogP contribution >= 0.6 is 0 Å². The molecular formula is C14H18N2O. The van der Waals surface area contributed by atoms with Gasteiger partial charge in [-0.05, 0) is 30.4 Å². The second kappa shape index (κ2) is 4.15. The van der Waals surface area contributed by atoms with Crippen molar-refractivity contribution in [2.75, 3.05) is 0 Å². The summed E-state index contributed by atoms with van der Waals surface area (Å²) in [5, 5.41) is 3.12. The van der Waals surface area contributed by atoms with Gasteiger partial charge in [0.15, 0.2) is 0 Å². The largest absolute Gasteiger partial charge is 0.347 e. The van der Waals surface area contributed by atoms with Crippen LogP contribution in [0, 0.1) is 5.92 Å². The molecular weight excluding hydrogens is 212 g/mol. The summed E-state index contributed by atoms with van der Waals surface area (Å²) in [7, 11) is 0. The Bertz CT molecular complexity index is 440. The van der Waals surface area contributed by atoms with Crippen LogP contribution < -0.4 is 11.1 Å². The van der Waals surface area contributed by atoms with Crippen molar-refractivity contribution < 1.29 is 4.79 Å². The third-order valence-corrected chi connectivity index (χ3v) is 4.05. The molecule has 0 bridgehead atoms. The zero-order chi connectivity index (χ0) is 11.8. The molecule has 3 nitrogen and oxygen atoms in total. The van der Waals surface area contributed by atoms with Gasteiger partial charge >= 0.3 is 0 Å². The normalized spacial score (nSPS) is 27.4. The van der Waals surface area contributed by atoms with Crippen LogP contribution in [-0.2, 0) is 11.2 Å². The number of hydrogen-bond donors (Lipinski definition) is 2. The molecule has 0 radical (unpaired) electrons. The standard InChI is InChI=1S/C14H18N2O/c15-12-8-10-4-1-2-7-11(10)13(12)16-14(17)9-5-3-6-9/h1-2,4,7,9,12-13H,3,5-6,8,15H2,(H,16,17). The Kier molecular flexibility index (Phi) is 2.63. The lowest BCUT2D eigenvalue weighted by Crippen LogP contribution is -2.42. The number of rotatable bonds is 2.